The van der Waals surface area contributed by atoms with Crippen LogP contribution in [0.4, 0.5) is 0 Å². The predicted octanol–water partition coefficient (Wildman–Crippen LogP) is 0.926. The second kappa shape index (κ2) is 5.59. The molecule has 0 spiro atoms. The van der Waals surface area contributed by atoms with Crippen LogP contribution in [0, 0.1) is 0 Å². The standard InChI is InChI=1S/C12H18O4/c1-3-5-13-9-7-15-12-10(14-6-4-2)8-16-11(9)12/h3-4,9-12H,1-2,5-8H2/t9?,10?,11-,12+. The van der Waals surface area contributed by atoms with Gasteiger partial charge in [-0.3, -0.25) is 0 Å². The van der Waals surface area contributed by atoms with Crippen molar-refractivity contribution in [3.05, 3.63) is 25.3 Å². The van der Waals surface area contributed by atoms with Gasteiger partial charge in [-0.15, -0.1) is 13.2 Å². The molecule has 0 aliphatic carbocycles. The second-order valence-electron chi connectivity index (χ2n) is 3.92. The van der Waals surface area contributed by atoms with Crippen molar-refractivity contribution < 1.29 is 18.9 Å². The van der Waals surface area contributed by atoms with Crippen molar-refractivity contribution in [3.8, 4) is 0 Å². The number of ether oxygens (including phenoxy) is 4. The van der Waals surface area contributed by atoms with Gasteiger partial charge in [0.15, 0.2) is 0 Å². The lowest BCUT2D eigenvalue weighted by Crippen LogP contribution is -2.34. The Balaban J connectivity index is 1.85. The first-order valence-corrected chi connectivity index (χ1v) is 5.55. The fraction of sp³-hybridized carbons (Fsp3) is 0.667. The van der Waals surface area contributed by atoms with Gasteiger partial charge in [-0.25, -0.2) is 0 Å². The highest BCUT2D eigenvalue weighted by atomic mass is 16.6. The van der Waals surface area contributed by atoms with Crippen LogP contribution in [-0.4, -0.2) is 50.8 Å². The van der Waals surface area contributed by atoms with Crippen LogP contribution in [0.5, 0.6) is 0 Å². The van der Waals surface area contributed by atoms with Crippen LogP contribution in [0.25, 0.3) is 0 Å². The molecule has 2 aliphatic rings. The normalized spacial score (nSPS) is 37.2. The van der Waals surface area contributed by atoms with E-state index in [1.165, 1.54) is 0 Å². The summed E-state index contributed by atoms with van der Waals surface area (Å²) in [7, 11) is 0. The summed E-state index contributed by atoms with van der Waals surface area (Å²) in [6.45, 7) is 9.43. The average Bonchev–Trinajstić information content (AvgIpc) is 2.86. The maximum atomic E-state index is 5.65. The Kier molecular flexibility index (Phi) is 4.12. The van der Waals surface area contributed by atoms with Crippen LogP contribution in [0.2, 0.25) is 0 Å². The first-order valence-electron chi connectivity index (χ1n) is 5.55. The van der Waals surface area contributed by atoms with E-state index < -0.39 is 0 Å². The fourth-order valence-electron chi connectivity index (χ4n) is 2.10. The van der Waals surface area contributed by atoms with Crippen LogP contribution in [-0.2, 0) is 18.9 Å². The van der Waals surface area contributed by atoms with Gasteiger partial charge in [-0.05, 0) is 0 Å². The van der Waals surface area contributed by atoms with Gasteiger partial charge in [0, 0.05) is 0 Å². The molecule has 4 nitrogen and oxygen atoms in total. The molecule has 90 valence electrons. The van der Waals surface area contributed by atoms with Gasteiger partial charge in [0.1, 0.15) is 24.4 Å². The molecule has 0 aromatic heterocycles. The van der Waals surface area contributed by atoms with Gasteiger partial charge >= 0.3 is 0 Å². The minimum absolute atomic E-state index is 0.000307. The van der Waals surface area contributed by atoms with Crippen molar-refractivity contribution in [2.24, 2.45) is 0 Å². The van der Waals surface area contributed by atoms with Crippen molar-refractivity contribution >= 4 is 0 Å². The maximum absolute atomic E-state index is 5.65. The molecule has 2 unspecified atom stereocenters. The van der Waals surface area contributed by atoms with Crippen LogP contribution in [0.1, 0.15) is 0 Å². The van der Waals surface area contributed by atoms with Crippen molar-refractivity contribution in [1.82, 2.24) is 0 Å². The molecule has 2 heterocycles. The molecule has 2 saturated heterocycles. The van der Waals surface area contributed by atoms with Crippen molar-refractivity contribution in [1.29, 1.82) is 0 Å². The molecule has 16 heavy (non-hydrogen) atoms. The van der Waals surface area contributed by atoms with E-state index in [2.05, 4.69) is 13.2 Å². The zero-order valence-corrected chi connectivity index (χ0v) is 9.34. The first kappa shape index (κ1) is 11.8. The third-order valence-electron chi connectivity index (χ3n) is 2.82. The zero-order valence-electron chi connectivity index (χ0n) is 9.34. The number of fused-ring (bicyclic) bond motifs is 1. The minimum Gasteiger partial charge on any atom is -0.370 e. The van der Waals surface area contributed by atoms with Crippen LogP contribution in [0.15, 0.2) is 25.3 Å². The van der Waals surface area contributed by atoms with E-state index in [1.54, 1.807) is 12.2 Å². The van der Waals surface area contributed by atoms with Crippen LogP contribution in [0.3, 0.4) is 0 Å². The number of rotatable bonds is 6. The second-order valence-corrected chi connectivity index (χ2v) is 3.92. The molecule has 0 radical (unpaired) electrons. The largest absolute Gasteiger partial charge is 0.370 e. The summed E-state index contributed by atoms with van der Waals surface area (Å²) in [6.07, 6.45) is 3.45. The summed E-state index contributed by atoms with van der Waals surface area (Å²) in [5.41, 5.74) is 0. The molecule has 0 N–H and O–H groups in total. The third kappa shape index (κ3) is 2.35. The van der Waals surface area contributed by atoms with Gasteiger partial charge in [0.2, 0.25) is 0 Å². The molecular formula is C12H18O4. The van der Waals surface area contributed by atoms with Crippen molar-refractivity contribution in [2.75, 3.05) is 26.4 Å². The Hall–Kier alpha value is -0.680. The summed E-state index contributed by atoms with van der Waals surface area (Å²) in [6, 6.07) is 0. The smallest absolute Gasteiger partial charge is 0.115 e. The van der Waals surface area contributed by atoms with Gasteiger partial charge in [-0.1, -0.05) is 12.2 Å². The fourth-order valence-corrected chi connectivity index (χ4v) is 2.10. The predicted molar refractivity (Wildman–Crippen MR) is 59.4 cm³/mol. The topological polar surface area (TPSA) is 36.9 Å². The summed E-state index contributed by atoms with van der Waals surface area (Å²) in [5.74, 6) is 0. The van der Waals surface area contributed by atoms with Crippen molar-refractivity contribution in [3.63, 3.8) is 0 Å². The Bertz CT molecular complexity index is 227. The minimum atomic E-state index is -0.00485. The summed E-state index contributed by atoms with van der Waals surface area (Å²) < 4.78 is 22.5. The lowest BCUT2D eigenvalue weighted by Gasteiger charge is -2.16. The first-order chi connectivity index (χ1) is 7.86. The quantitative estimate of drug-likeness (QED) is 0.631. The molecule has 0 bridgehead atoms. The highest BCUT2D eigenvalue weighted by molar-refractivity contribution is 4.96. The van der Waals surface area contributed by atoms with E-state index in [4.69, 9.17) is 18.9 Å². The van der Waals surface area contributed by atoms with E-state index in [9.17, 15) is 0 Å². The van der Waals surface area contributed by atoms with Gasteiger partial charge in [0.05, 0.1) is 26.4 Å². The molecule has 4 heteroatoms. The summed E-state index contributed by atoms with van der Waals surface area (Å²) in [5, 5.41) is 0. The molecule has 2 aliphatic heterocycles. The van der Waals surface area contributed by atoms with E-state index in [0.717, 1.165) is 0 Å². The Morgan fingerprint density at radius 2 is 1.38 bits per heavy atom. The molecule has 0 amide bonds. The van der Waals surface area contributed by atoms with Gasteiger partial charge in [-0.2, -0.15) is 0 Å². The third-order valence-corrected chi connectivity index (χ3v) is 2.82. The van der Waals surface area contributed by atoms with E-state index in [-0.39, 0.29) is 24.4 Å². The molecule has 2 fully saturated rings. The highest BCUT2D eigenvalue weighted by Gasteiger charge is 2.48. The van der Waals surface area contributed by atoms with Gasteiger partial charge < -0.3 is 18.9 Å². The monoisotopic (exact) mass is 226 g/mol. The zero-order chi connectivity index (χ0) is 11.4. The molecule has 0 aromatic rings. The summed E-state index contributed by atoms with van der Waals surface area (Å²) in [4.78, 5) is 0. The number of hydrogen-bond donors (Lipinski definition) is 0. The SMILES string of the molecule is C=CCOC1CO[C@H]2C(OCC=C)CO[C@H]12. The maximum Gasteiger partial charge on any atom is 0.115 e. The molecule has 0 saturated carbocycles. The molecule has 0 aromatic carbocycles. The Morgan fingerprint density at radius 1 is 0.938 bits per heavy atom. The summed E-state index contributed by atoms with van der Waals surface area (Å²) >= 11 is 0. The molecule has 4 atom stereocenters. The molecular weight excluding hydrogens is 208 g/mol. The highest BCUT2D eigenvalue weighted by Crippen LogP contribution is 2.30. The van der Waals surface area contributed by atoms with E-state index >= 15 is 0 Å². The Labute approximate surface area is 95.8 Å². The number of hydrogen-bond acceptors (Lipinski definition) is 4. The van der Waals surface area contributed by atoms with Gasteiger partial charge in [0.25, 0.3) is 0 Å². The van der Waals surface area contributed by atoms with E-state index in [0.29, 0.717) is 26.4 Å². The molecule has 2 rings (SSSR count). The van der Waals surface area contributed by atoms with Crippen LogP contribution >= 0.6 is 0 Å². The van der Waals surface area contributed by atoms with E-state index in [1.807, 2.05) is 0 Å². The average molecular weight is 226 g/mol. The van der Waals surface area contributed by atoms with Crippen LogP contribution < -0.4 is 0 Å². The lowest BCUT2D eigenvalue weighted by molar-refractivity contribution is -0.0402. The lowest BCUT2D eigenvalue weighted by atomic mass is 10.1. The Morgan fingerprint density at radius 3 is 1.75 bits per heavy atom. The van der Waals surface area contributed by atoms with Crippen molar-refractivity contribution in [2.45, 2.75) is 24.4 Å².